The number of nitrogens with one attached hydrogen (secondary N) is 1. The summed E-state index contributed by atoms with van der Waals surface area (Å²) >= 11 is 3.47. The van der Waals surface area contributed by atoms with Gasteiger partial charge in [0.05, 0.1) is 11.0 Å². The zero-order valence-corrected chi connectivity index (χ0v) is 16.8. The molecule has 2 aliphatic heterocycles. The Morgan fingerprint density at radius 3 is 2.75 bits per heavy atom. The van der Waals surface area contributed by atoms with E-state index in [0.29, 0.717) is 19.5 Å². The number of hydrogen-bond acceptors (Lipinski definition) is 3. The van der Waals surface area contributed by atoms with E-state index in [9.17, 15) is 9.59 Å². The van der Waals surface area contributed by atoms with Crippen LogP contribution in [0.4, 0.5) is 0 Å². The van der Waals surface area contributed by atoms with Gasteiger partial charge in [0, 0.05) is 30.0 Å². The Morgan fingerprint density at radius 1 is 1.14 bits per heavy atom. The third-order valence-electron chi connectivity index (χ3n) is 5.74. The van der Waals surface area contributed by atoms with Gasteiger partial charge in [0.1, 0.15) is 5.75 Å². The lowest BCUT2D eigenvalue weighted by atomic mass is 10.0. The Labute approximate surface area is 170 Å². The average Bonchev–Trinajstić information content (AvgIpc) is 3.27. The van der Waals surface area contributed by atoms with E-state index in [1.807, 2.05) is 51.9 Å². The first-order valence-corrected chi connectivity index (χ1v) is 10.3. The molecule has 0 bridgehead atoms. The Kier molecular flexibility index (Phi) is 4.27. The first-order valence-electron chi connectivity index (χ1n) is 9.53. The molecule has 0 aliphatic carbocycles. The summed E-state index contributed by atoms with van der Waals surface area (Å²) < 4.78 is 8.72. The van der Waals surface area contributed by atoms with Crippen LogP contribution in [-0.2, 0) is 11.2 Å². The number of likely N-dealkylation sites (tertiary alicyclic amines) is 1. The Balaban J connectivity index is 1.28. The van der Waals surface area contributed by atoms with Crippen molar-refractivity contribution in [3.63, 3.8) is 0 Å². The molecule has 0 spiro atoms. The fraction of sp³-hybridized carbons (Fsp3) is 0.333. The summed E-state index contributed by atoms with van der Waals surface area (Å²) in [7, 11) is 0. The van der Waals surface area contributed by atoms with Gasteiger partial charge in [0.2, 0.25) is 0 Å². The molecule has 1 N–H and O–H groups in total. The highest BCUT2D eigenvalue weighted by molar-refractivity contribution is 9.10. The SMILES string of the molecule is O=C(C1Cc2cc(Br)ccc2O1)N1CCC(n2c(=O)[nH]c3ccccc32)CC1. The number of fused-ring (bicyclic) bond motifs is 2. The van der Waals surface area contributed by atoms with Crippen molar-refractivity contribution in [3.05, 3.63) is 63.0 Å². The molecule has 1 aromatic heterocycles. The largest absolute Gasteiger partial charge is 0.480 e. The van der Waals surface area contributed by atoms with E-state index < -0.39 is 6.10 Å². The van der Waals surface area contributed by atoms with Gasteiger partial charge in [0.15, 0.2) is 6.10 Å². The summed E-state index contributed by atoms with van der Waals surface area (Å²) in [5.41, 5.74) is 2.77. The zero-order valence-electron chi connectivity index (χ0n) is 15.2. The summed E-state index contributed by atoms with van der Waals surface area (Å²) in [5, 5.41) is 0. The molecular formula is C21H20BrN3O3. The second kappa shape index (κ2) is 6.81. The number of halogens is 1. The highest BCUT2D eigenvalue weighted by atomic mass is 79.9. The molecule has 3 heterocycles. The minimum absolute atomic E-state index is 0.0389. The number of H-pyrrole nitrogens is 1. The van der Waals surface area contributed by atoms with Crippen LogP contribution < -0.4 is 10.4 Å². The molecular weight excluding hydrogens is 422 g/mol. The molecule has 1 unspecified atom stereocenters. The zero-order chi connectivity index (χ0) is 19.3. The van der Waals surface area contributed by atoms with E-state index in [4.69, 9.17) is 4.74 Å². The van der Waals surface area contributed by atoms with E-state index in [1.54, 1.807) is 0 Å². The first-order chi connectivity index (χ1) is 13.6. The number of carbonyl (C=O) groups excluding carboxylic acids is 1. The molecule has 0 radical (unpaired) electrons. The van der Waals surface area contributed by atoms with Crippen LogP contribution in [0, 0.1) is 0 Å². The lowest BCUT2D eigenvalue weighted by Gasteiger charge is -2.33. The smallest absolute Gasteiger partial charge is 0.326 e. The maximum atomic E-state index is 12.9. The number of ether oxygens (including phenoxy) is 1. The van der Waals surface area contributed by atoms with Gasteiger partial charge in [-0.1, -0.05) is 28.1 Å². The van der Waals surface area contributed by atoms with Crippen LogP contribution >= 0.6 is 15.9 Å². The van der Waals surface area contributed by atoms with Crippen molar-refractivity contribution in [2.24, 2.45) is 0 Å². The maximum absolute atomic E-state index is 12.9. The number of amides is 1. The number of hydrogen-bond donors (Lipinski definition) is 1. The van der Waals surface area contributed by atoms with Crippen molar-refractivity contribution in [2.45, 2.75) is 31.4 Å². The molecule has 2 aliphatic rings. The van der Waals surface area contributed by atoms with E-state index >= 15 is 0 Å². The molecule has 28 heavy (non-hydrogen) atoms. The average molecular weight is 442 g/mol. The van der Waals surface area contributed by atoms with Gasteiger partial charge in [0.25, 0.3) is 5.91 Å². The molecule has 1 fully saturated rings. The number of benzene rings is 2. The van der Waals surface area contributed by atoms with Gasteiger partial charge in [-0.15, -0.1) is 0 Å². The van der Waals surface area contributed by atoms with Crippen LogP contribution in [0.25, 0.3) is 11.0 Å². The molecule has 7 heteroatoms. The predicted molar refractivity (Wildman–Crippen MR) is 110 cm³/mol. The Bertz CT molecular complexity index is 1110. The quantitative estimate of drug-likeness (QED) is 0.663. The van der Waals surface area contributed by atoms with Crippen molar-refractivity contribution in [1.29, 1.82) is 0 Å². The highest BCUT2D eigenvalue weighted by Crippen LogP contribution is 2.33. The van der Waals surface area contributed by atoms with Crippen LogP contribution in [0.3, 0.4) is 0 Å². The summed E-state index contributed by atoms with van der Waals surface area (Å²) in [6, 6.07) is 13.7. The first kappa shape index (κ1) is 17.6. The molecule has 144 valence electrons. The topological polar surface area (TPSA) is 67.3 Å². The third kappa shape index (κ3) is 2.94. The molecule has 5 rings (SSSR count). The number of aromatic amines is 1. The lowest BCUT2D eigenvalue weighted by Crippen LogP contribution is -2.46. The summed E-state index contributed by atoms with van der Waals surface area (Å²) in [5.74, 6) is 0.832. The number of nitrogens with zero attached hydrogens (tertiary/aromatic N) is 2. The third-order valence-corrected chi connectivity index (χ3v) is 6.23. The van der Waals surface area contributed by atoms with Gasteiger partial charge in [-0.2, -0.15) is 0 Å². The van der Waals surface area contributed by atoms with E-state index in [2.05, 4.69) is 20.9 Å². The van der Waals surface area contributed by atoms with Crippen LogP contribution in [0.2, 0.25) is 0 Å². The van der Waals surface area contributed by atoms with Crippen LogP contribution in [-0.4, -0.2) is 39.6 Å². The summed E-state index contributed by atoms with van der Waals surface area (Å²) in [4.78, 5) is 30.2. The molecule has 0 saturated carbocycles. The number of piperidine rings is 1. The number of rotatable bonds is 2. The van der Waals surface area contributed by atoms with Crippen LogP contribution in [0.5, 0.6) is 5.75 Å². The van der Waals surface area contributed by atoms with Crippen LogP contribution in [0.1, 0.15) is 24.4 Å². The van der Waals surface area contributed by atoms with Crippen molar-refractivity contribution in [3.8, 4) is 5.75 Å². The second-order valence-corrected chi connectivity index (χ2v) is 8.35. The molecule has 1 saturated heterocycles. The minimum atomic E-state index is -0.448. The highest BCUT2D eigenvalue weighted by Gasteiger charge is 2.34. The Morgan fingerprint density at radius 2 is 1.93 bits per heavy atom. The van der Waals surface area contributed by atoms with E-state index in [-0.39, 0.29) is 17.6 Å². The molecule has 2 aromatic carbocycles. The van der Waals surface area contributed by atoms with Crippen molar-refractivity contribution in [2.75, 3.05) is 13.1 Å². The fourth-order valence-electron chi connectivity index (χ4n) is 4.34. The van der Waals surface area contributed by atoms with Gasteiger partial charge in [-0.05, 0) is 48.7 Å². The summed E-state index contributed by atoms with van der Waals surface area (Å²) in [6.07, 6.45) is 1.68. The minimum Gasteiger partial charge on any atom is -0.480 e. The van der Waals surface area contributed by atoms with Crippen LogP contribution in [0.15, 0.2) is 51.7 Å². The summed E-state index contributed by atoms with van der Waals surface area (Å²) in [6.45, 7) is 1.27. The van der Waals surface area contributed by atoms with Gasteiger partial charge >= 0.3 is 5.69 Å². The number of para-hydroxylation sites is 2. The molecule has 3 aromatic rings. The lowest BCUT2D eigenvalue weighted by molar-refractivity contribution is -0.139. The molecule has 6 nitrogen and oxygen atoms in total. The van der Waals surface area contributed by atoms with Crippen molar-refractivity contribution >= 4 is 32.9 Å². The Hall–Kier alpha value is -2.54. The number of aromatic nitrogens is 2. The van der Waals surface area contributed by atoms with E-state index in [0.717, 1.165) is 39.7 Å². The second-order valence-electron chi connectivity index (χ2n) is 7.44. The van der Waals surface area contributed by atoms with Gasteiger partial charge < -0.3 is 14.6 Å². The monoisotopic (exact) mass is 441 g/mol. The van der Waals surface area contributed by atoms with E-state index in [1.165, 1.54) is 0 Å². The standard InChI is InChI=1S/C21H20BrN3O3/c22-14-5-6-18-13(11-14)12-19(28-18)20(26)24-9-7-15(8-10-24)25-17-4-2-1-3-16(17)23-21(25)27/h1-6,11,15,19H,7-10,12H2,(H,23,27). The van der Waals surface area contributed by atoms with Gasteiger partial charge in [-0.25, -0.2) is 4.79 Å². The maximum Gasteiger partial charge on any atom is 0.326 e. The normalized spacial score (nSPS) is 19.6. The van der Waals surface area contributed by atoms with Crippen molar-refractivity contribution < 1.29 is 9.53 Å². The predicted octanol–water partition coefficient (Wildman–Crippen LogP) is 3.26. The number of carbonyl (C=O) groups is 1. The number of imidazole rings is 1. The molecule has 1 amide bonds. The van der Waals surface area contributed by atoms with Crippen molar-refractivity contribution in [1.82, 2.24) is 14.5 Å². The molecule has 1 atom stereocenters. The van der Waals surface area contributed by atoms with Gasteiger partial charge in [-0.3, -0.25) is 9.36 Å². The fourth-order valence-corrected chi connectivity index (χ4v) is 4.75.